The van der Waals surface area contributed by atoms with Crippen LogP contribution in [0.25, 0.3) is 0 Å². The highest BCUT2D eigenvalue weighted by atomic mass is 35.6. The van der Waals surface area contributed by atoms with Crippen molar-refractivity contribution >= 4 is 215 Å². The lowest BCUT2D eigenvalue weighted by atomic mass is 10.6. The van der Waals surface area contributed by atoms with Gasteiger partial charge in [0.1, 0.15) is 5.78 Å². The zero-order chi connectivity index (χ0) is 27.9. The molecule has 0 saturated carbocycles. The van der Waals surface area contributed by atoms with E-state index in [1.807, 2.05) is 0 Å². The van der Waals surface area contributed by atoms with Crippen LogP contribution in [-0.2, 0) is 4.79 Å². The molecular weight excluding hydrogens is 798 g/mol. The van der Waals surface area contributed by atoms with Gasteiger partial charge in [-0.25, -0.2) is 0 Å². The summed E-state index contributed by atoms with van der Waals surface area (Å²) in [5.74, 6) is 0.167. The standard InChI is InChI=1S/C3H6O.9CH2Cl2/c1-3(2)4;9*2-1-3/h1-2H3;9*1H2. The monoisotopic (exact) mass is 814 g/mol. The maximum absolute atomic E-state index is 9.44. The van der Waals surface area contributed by atoms with Gasteiger partial charge < -0.3 is 4.79 Å². The van der Waals surface area contributed by atoms with E-state index in [1.165, 1.54) is 13.8 Å². The molecule has 0 aromatic heterocycles. The van der Waals surface area contributed by atoms with Crippen molar-refractivity contribution in [2.75, 3.05) is 48.1 Å². The van der Waals surface area contributed by atoms with Crippen molar-refractivity contribution in [3.05, 3.63) is 0 Å². The molecular formula is C12H24Cl18O. The summed E-state index contributed by atoms with van der Waals surface area (Å²) in [6.07, 6.45) is 0. The molecule has 0 unspecified atom stereocenters. The van der Waals surface area contributed by atoms with E-state index in [-0.39, 0.29) is 53.8 Å². The molecule has 0 atom stereocenters. The minimum absolute atomic E-state index is 0.167. The Morgan fingerprint density at radius 1 is 0.323 bits per heavy atom. The molecule has 0 spiro atoms. The second-order valence-corrected chi connectivity index (χ2v) is 9.09. The average Bonchev–Trinajstić information content (AvgIpc) is 2.60. The van der Waals surface area contributed by atoms with Crippen molar-refractivity contribution in [2.24, 2.45) is 0 Å². The average molecular weight is 822 g/mol. The third kappa shape index (κ3) is 1580. The summed E-state index contributed by atoms with van der Waals surface area (Å²) >= 11 is 85.7. The van der Waals surface area contributed by atoms with E-state index in [2.05, 4.69) is 0 Å². The fourth-order valence-electron chi connectivity index (χ4n) is 0. The van der Waals surface area contributed by atoms with Crippen molar-refractivity contribution in [2.45, 2.75) is 13.8 Å². The van der Waals surface area contributed by atoms with Gasteiger partial charge in [0, 0.05) is 0 Å². The van der Waals surface area contributed by atoms with Crippen molar-refractivity contribution < 1.29 is 4.79 Å². The van der Waals surface area contributed by atoms with Crippen molar-refractivity contribution in [3.63, 3.8) is 0 Å². The maximum Gasteiger partial charge on any atom is 0.126 e. The number of Topliss-reactive ketones (excluding diaryl/α,β-unsaturated/α-hetero) is 1. The van der Waals surface area contributed by atoms with Gasteiger partial charge in [0.05, 0.1) is 48.1 Å². The number of carbonyl (C=O) groups is 1. The van der Waals surface area contributed by atoms with Crippen LogP contribution in [0, 0.1) is 0 Å². The Kier molecular flexibility index (Phi) is 295. The molecule has 0 rings (SSSR count). The van der Waals surface area contributed by atoms with E-state index in [0.29, 0.717) is 0 Å². The highest BCUT2D eigenvalue weighted by Gasteiger charge is 1.62. The SMILES string of the molecule is CC(C)=O.ClCCl.ClCCl.ClCCl.ClCCl.ClCCl.ClCCl.ClCCl.ClCCl.ClCCl. The van der Waals surface area contributed by atoms with Crippen molar-refractivity contribution in [3.8, 4) is 0 Å². The molecule has 0 bridgehead atoms. The summed E-state index contributed by atoms with van der Waals surface area (Å²) in [4.78, 5) is 9.44. The lowest BCUT2D eigenvalue weighted by Crippen LogP contribution is -1.69. The van der Waals surface area contributed by atoms with Gasteiger partial charge in [0.25, 0.3) is 0 Å². The quantitative estimate of drug-likeness (QED) is 0.223. The van der Waals surface area contributed by atoms with Gasteiger partial charge in [0.2, 0.25) is 0 Å². The number of rotatable bonds is 0. The van der Waals surface area contributed by atoms with Gasteiger partial charge in [-0.15, -0.1) is 209 Å². The van der Waals surface area contributed by atoms with Crippen LogP contribution in [0.2, 0.25) is 0 Å². The Morgan fingerprint density at radius 3 is 0.323 bits per heavy atom. The molecule has 0 aliphatic heterocycles. The smallest absolute Gasteiger partial charge is 0.126 e. The number of hydrogen-bond donors (Lipinski definition) is 0. The van der Waals surface area contributed by atoms with Gasteiger partial charge in [-0.05, 0) is 13.8 Å². The lowest BCUT2D eigenvalue weighted by molar-refractivity contribution is -0.114. The molecule has 0 radical (unpaired) electrons. The Labute approximate surface area is 277 Å². The van der Waals surface area contributed by atoms with Gasteiger partial charge in [-0.3, -0.25) is 0 Å². The summed E-state index contributed by atoms with van der Waals surface area (Å²) in [6.45, 7) is 3.06. The second-order valence-electron chi connectivity index (χ2n) is 1.82. The van der Waals surface area contributed by atoms with Crippen molar-refractivity contribution in [1.82, 2.24) is 0 Å². The van der Waals surface area contributed by atoms with Gasteiger partial charge in [-0.2, -0.15) is 0 Å². The molecule has 0 aromatic carbocycles. The molecule has 0 aliphatic carbocycles. The van der Waals surface area contributed by atoms with E-state index >= 15 is 0 Å². The molecule has 0 fully saturated rings. The third-order valence-electron chi connectivity index (χ3n) is 0. The fourth-order valence-corrected chi connectivity index (χ4v) is 0. The Balaban J connectivity index is -0.0000000198. The van der Waals surface area contributed by atoms with Crippen molar-refractivity contribution in [1.29, 1.82) is 0 Å². The highest BCUT2D eigenvalue weighted by Crippen LogP contribution is 1.75. The molecule has 0 amide bonds. The fraction of sp³-hybridized carbons (Fsp3) is 0.917. The maximum atomic E-state index is 9.44. The highest BCUT2D eigenvalue weighted by molar-refractivity contribution is 6.42. The second kappa shape index (κ2) is 140. The molecule has 31 heavy (non-hydrogen) atoms. The van der Waals surface area contributed by atoms with E-state index in [4.69, 9.17) is 209 Å². The summed E-state index contributed by atoms with van der Waals surface area (Å²) < 4.78 is 0. The summed E-state index contributed by atoms with van der Waals surface area (Å²) in [5.41, 5.74) is 0. The first kappa shape index (κ1) is 65.2. The minimum atomic E-state index is 0.167. The first-order valence-electron chi connectivity index (χ1n) is 6.01. The Hall–Kier alpha value is 4.89. The molecule has 0 heterocycles. The van der Waals surface area contributed by atoms with Crippen LogP contribution in [0.3, 0.4) is 0 Å². The summed E-state index contributed by atoms with van der Waals surface area (Å²) in [6, 6.07) is 0. The summed E-state index contributed by atoms with van der Waals surface area (Å²) in [7, 11) is 0. The summed E-state index contributed by atoms with van der Waals surface area (Å²) in [5, 5.41) is 1.75. The molecule has 0 aliphatic rings. The van der Waals surface area contributed by atoms with Gasteiger partial charge in [-0.1, -0.05) is 0 Å². The Morgan fingerprint density at radius 2 is 0.323 bits per heavy atom. The van der Waals surface area contributed by atoms with Gasteiger partial charge >= 0.3 is 0 Å². The first-order valence-corrected chi connectivity index (χ1v) is 15.6. The van der Waals surface area contributed by atoms with E-state index in [1.54, 1.807) is 0 Å². The first-order chi connectivity index (χ1) is 14.5. The molecule has 0 N–H and O–H groups in total. The molecule has 19 heteroatoms. The number of alkyl halides is 18. The number of carbonyl (C=O) groups excluding carboxylic acids is 1. The zero-order valence-electron chi connectivity index (χ0n) is 16.1. The molecule has 1 nitrogen and oxygen atoms in total. The van der Waals surface area contributed by atoms with Crippen LogP contribution < -0.4 is 0 Å². The zero-order valence-corrected chi connectivity index (χ0v) is 29.7. The molecule has 0 saturated heterocycles. The van der Waals surface area contributed by atoms with E-state index in [0.717, 1.165) is 0 Å². The number of hydrogen-bond acceptors (Lipinski definition) is 1. The predicted octanol–water partition coefficient (Wildman–Crippen LogP) is 13.4. The van der Waals surface area contributed by atoms with Gasteiger partial charge in [0.15, 0.2) is 0 Å². The Bertz CT molecular complexity index is 116. The largest absolute Gasteiger partial charge is 0.300 e. The van der Waals surface area contributed by atoms with Crippen LogP contribution in [0.5, 0.6) is 0 Å². The number of halogens is 18. The van der Waals surface area contributed by atoms with Crippen LogP contribution in [0.15, 0.2) is 0 Å². The van der Waals surface area contributed by atoms with Crippen LogP contribution in [0.1, 0.15) is 13.8 Å². The predicted molar refractivity (Wildman–Crippen MR) is 166 cm³/mol. The van der Waals surface area contributed by atoms with Crippen LogP contribution in [0.4, 0.5) is 0 Å². The number of ketones is 1. The van der Waals surface area contributed by atoms with E-state index < -0.39 is 0 Å². The molecule has 204 valence electrons. The van der Waals surface area contributed by atoms with Crippen LogP contribution >= 0.6 is 209 Å². The topological polar surface area (TPSA) is 17.1 Å². The van der Waals surface area contributed by atoms with E-state index in [9.17, 15) is 4.79 Å². The minimum Gasteiger partial charge on any atom is -0.300 e. The normalized spacial score (nSPS) is 6.06. The molecule has 0 aromatic rings. The lowest BCUT2D eigenvalue weighted by Gasteiger charge is -1.56. The third-order valence-corrected chi connectivity index (χ3v) is 0. The van der Waals surface area contributed by atoms with Crippen LogP contribution in [-0.4, -0.2) is 53.8 Å².